The number of anilines is 1. The normalized spacial score (nSPS) is 12.1. The molecule has 3 heteroatoms. The lowest BCUT2D eigenvalue weighted by atomic mass is 10.1. The molecule has 2 aromatic rings. The molecule has 2 nitrogen and oxygen atoms in total. The molecule has 0 bridgehead atoms. The summed E-state index contributed by atoms with van der Waals surface area (Å²) in [6.45, 7) is 2.11. The molecule has 0 fully saturated rings. The summed E-state index contributed by atoms with van der Waals surface area (Å²) in [5.74, 6) is 0.412. The average molecular weight is 244 g/mol. The van der Waals surface area contributed by atoms with Gasteiger partial charge < -0.3 is 5.32 Å². The van der Waals surface area contributed by atoms with Crippen LogP contribution < -0.4 is 5.32 Å². The van der Waals surface area contributed by atoms with Crippen LogP contribution in [0.1, 0.15) is 18.9 Å². The number of halogens is 1. The molecule has 0 aliphatic carbocycles. The summed E-state index contributed by atoms with van der Waals surface area (Å²) in [4.78, 5) is 3.99. The van der Waals surface area contributed by atoms with Crippen LogP contribution in [0.25, 0.3) is 0 Å². The number of nitrogens with one attached hydrogen (secondary N) is 1. The lowest BCUT2D eigenvalue weighted by molar-refractivity contribution is 0.620. The van der Waals surface area contributed by atoms with Gasteiger partial charge >= 0.3 is 0 Å². The Kier molecular flexibility index (Phi) is 4.29. The Morgan fingerprint density at radius 2 is 1.94 bits per heavy atom. The van der Waals surface area contributed by atoms with E-state index in [4.69, 9.17) is 0 Å². The Labute approximate surface area is 107 Å². The highest BCUT2D eigenvalue weighted by molar-refractivity contribution is 5.34. The molecule has 0 saturated carbocycles. The van der Waals surface area contributed by atoms with E-state index >= 15 is 0 Å². The fourth-order valence-corrected chi connectivity index (χ4v) is 1.81. The molecule has 1 aromatic heterocycles. The van der Waals surface area contributed by atoms with Crippen LogP contribution in [-0.4, -0.2) is 11.0 Å². The van der Waals surface area contributed by atoms with E-state index in [1.165, 1.54) is 17.8 Å². The van der Waals surface area contributed by atoms with E-state index in [1.54, 1.807) is 6.07 Å². The molecule has 94 valence electrons. The van der Waals surface area contributed by atoms with E-state index in [0.717, 1.165) is 18.7 Å². The number of rotatable bonds is 5. The first-order valence-electron chi connectivity index (χ1n) is 6.16. The summed E-state index contributed by atoms with van der Waals surface area (Å²) in [5, 5.41) is 3.26. The summed E-state index contributed by atoms with van der Waals surface area (Å²) in [5.41, 5.74) is 1.33. The highest BCUT2D eigenvalue weighted by atomic mass is 19.1. The van der Waals surface area contributed by atoms with Gasteiger partial charge in [-0.25, -0.2) is 9.37 Å². The molecule has 1 N–H and O–H groups in total. The van der Waals surface area contributed by atoms with Crippen LogP contribution in [0.5, 0.6) is 0 Å². The monoisotopic (exact) mass is 244 g/mol. The molecule has 1 heterocycles. The molecule has 18 heavy (non-hydrogen) atoms. The molecule has 0 radical (unpaired) electrons. The van der Waals surface area contributed by atoms with Gasteiger partial charge in [0.2, 0.25) is 0 Å². The van der Waals surface area contributed by atoms with Crippen molar-refractivity contribution in [2.75, 3.05) is 5.32 Å². The van der Waals surface area contributed by atoms with Gasteiger partial charge in [0.25, 0.3) is 0 Å². The Balaban J connectivity index is 1.82. The van der Waals surface area contributed by atoms with Crippen molar-refractivity contribution in [1.82, 2.24) is 4.98 Å². The number of pyridine rings is 1. The highest BCUT2D eigenvalue weighted by Gasteiger charge is 2.03. The summed E-state index contributed by atoms with van der Waals surface area (Å²) < 4.78 is 12.7. The van der Waals surface area contributed by atoms with Crippen molar-refractivity contribution in [3.63, 3.8) is 0 Å². The SMILES string of the molecule is CC(CCc1ccccc1)Nc1ccc(F)cn1. The number of hydrogen-bond donors (Lipinski definition) is 1. The fraction of sp³-hybridized carbons (Fsp3) is 0.267. The van der Waals surface area contributed by atoms with Crippen LogP contribution in [0.3, 0.4) is 0 Å². The van der Waals surface area contributed by atoms with E-state index in [2.05, 4.69) is 41.5 Å². The topological polar surface area (TPSA) is 24.9 Å². The smallest absolute Gasteiger partial charge is 0.141 e. The van der Waals surface area contributed by atoms with Gasteiger partial charge in [0.15, 0.2) is 0 Å². The number of aryl methyl sites for hydroxylation is 1. The maximum Gasteiger partial charge on any atom is 0.141 e. The minimum Gasteiger partial charge on any atom is -0.368 e. The van der Waals surface area contributed by atoms with Gasteiger partial charge in [-0.1, -0.05) is 30.3 Å². The maximum absolute atomic E-state index is 12.7. The van der Waals surface area contributed by atoms with Crippen molar-refractivity contribution in [3.05, 3.63) is 60.0 Å². The Morgan fingerprint density at radius 1 is 1.17 bits per heavy atom. The second-order valence-electron chi connectivity index (χ2n) is 4.43. The lowest BCUT2D eigenvalue weighted by Gasteiger charge is -2.14. The molecular weight excluding hydrogens is 227 g/mol. The van der Waals surface area contributed by atoms with Crippen molar-refractivity contribution in [2.24, 2.45) is 0 Å². The molecule has 0 amide bonds. The van der Waals surface area contributed by atoms with Crippen molar-refractivity contribution in [1.29, 1.82) is 0 Å². The molecule has 1 aromatic carbocycles. The molecular formula is C15H17FN2. The quantitative estimate of drug-likeness (QED) is 0.868. The number of benzene rings is 1. The van der Waals surface area contributed by atoms with Gasteiger partial charge in [0.05, 0.1) is 6.20 Å². The van der Waals surface area contributed by atoms with Crippen molar-refractivity contribution in [2.45, 2.75) is 25.8 Å². The van der Waals surface area contributed by atoms with Crippen molar-refractivity contribution < 1.29 is 4.39 Å². The van der Waals surface area contributed by atoms with Crippen LogP contribution >= 0.6 is 0 Å². The zero-order valence-corrected chi connectivity index (χ0v) is 10.4. The minimum absolute atomic E-state index is 0.308. The second kappa shape index (κ2) is 6.15. The Hall–Kier alpha value is -1.90. The number of aromatic nitrogens is 1. The first-order chi connectivity index (χ1) is 8.74. The molecule has 0 saturated heterocycles. The van der Waals surface area contributed by atoms with Gasteiger partial charge in [-0.3, -0.25) is 0 Å². The highest BCUT2D eigenvalue weighted by Crippen LogP contribution is 2.10. The molecule has 1 unspecified atom stereocenters. The summed E-state index contributed by atoms with van der Waals surface area (Å²) in [7, 11) is 0. The van der Waals surface area contributed by atoms with Gasteiger partial charge in [-0.05, 0) is 37.5 Å². The zero-order chi connectivity index (χ0) is 12.8. The van der Waals surface area contributed by atoms with Crippen LogP contribution in [0, 0.1) is 5.82 Å². The largest absolute Gasteiger partial charge is 0.368 e. The predicted molar refractivity (Wildman–Crippen MR) is 72.0 cm³/mol. The number of hydrogen-bond acceptors (Lipinski definition) is 2. The van der Waals surface area contributed by atoms with Crippen molar-refractivity contribution in [3.8, 4) is 0 Å². The van der Waals surface area contributed by atoms with E-state index in [-0.39, 0.29) is 5.82 Å². The molecule has 0 spiro atoms. The third-order valence-electron chi connectivity index (χ3n) is 2.83. The molecule has 0 aliphatic heterocycles. The molecule has 2 rings (SSSR count). The first-order valence-corrected chi connectivity index (χ1v) is 6.16. The van der Waals surface area contributed by atoms with Crippen LogP contribution in [-0.2, 0) is 6.42 Å². The van der Waals surface area contributed by atoms with Gasteiger partial charge in [-0.2, -0.15) is 0 Å². The fourth-order valence-electron chi connectivity index (χ4n) is 1.81. The van der Waals surface area contributed by atoms with Crippen molar-refractivity contribution >= 4 is 5.82 Å². The van der Waals surface area contributed by atoms with Gasteiger partial charge in [0.1, 0.15) is 11.6 Å². The lowest BCUT2D eigenvalue weighted by Crippen LogP contribution is -2.16. The van der Waals surface area contributed by atoms with Crippen LogP contribution in [0.2, 0.25) is 0 Å². The van der Waals surface area contributed by atoms with Crippen LogP contribution in [0.15, 0.2) is 48.7 Å². The number of nitrogens with zero attached hydrogens (tertiary/aromatic N) is 1. The first kappa shape index (κ1) is 12.6. The zero-order valence-electron chi connectivity index (χ0n) is 10.4. The van der Waals surface area contributed by atoms with E-state index in [1.807, 2.05) is 6.07 Å². The summed E-state index contributed by atoms with van der Waals surface area (Å²) >= 11 is 0. The van der Waals surface area contributed by atoms with Crippen LogP contribution in [0.4, 0.5) is 10.2 Å². The molecule has 1 atom stereocenters. The summed E-state index contributed by atoms with van der Waals surface area (Å²) in [6, 6.07) is 13.8. The average Bonchev–Trinajstić information content (AvgIpc) is 2.40. The maximum atomic E-state index is 12.7. The van der Waals surface area contributed by atoms with E-state index < -0.39 is 0 Å². The third-order valence-corrected chi connectivity index (χ3v) is 2.83. The second-order valence-corrected chi connectivity index (χ2v) is 4.43. The van der Waals surface area contributed by atoms with E-state index in [0.29, 0.717) is 6.04 Å². The minimum atomic E-state index is -0.308. The Bertz CT molecular complexity index is 468. The standard InChI is InChI=1S/C15H17FN2/c1-12(7-8-13-5-3-2-4-6-13)18-15-10-9-14(16)11-17-15/h2-6,9-12H,7-8H2,1H3,(H,17,18). The third kappa shape index (κ3) is 3.84. The van der Waals surface area contributed by atoms with Gasteiger partial charge in [0, 0.05) is 6.04 Å². The molecule has 0 aliphatic rings. The Morgan fingerprint density at radius 3 is 2.61 bits per heavy atom. The van der Waals surface area contributed by atoms with Gasteiger partial charge in [-0.15, -0.1) is 0 Å². The van der Waals surface area contributed by atoms with E-state index in [9.17, 15) is 4.39 Å². The predicted octanol–water partition coefficient (Wildman–Crippen LogP) is 3.65. The summed E-state index contributed by atoms with van der Waals surface area (Å²) in [6.07, 6.45) is 3.27.